The number of hydrogen-bond acceptors (Lipinski definition) is 4. The largest absolute Gasteiger partial charge is 0.492 e. The number of carbonyl (C=O) groups is 2. The second-order valence-corrected chi connectivity index (χ2v) is 6.85. The molecule has 154 valence electrons. The maximum atomic E-state index is 15.1. The molecule has 3 rings (SSSR count). The van der Waals surface area contributed by atoms with Crippen molar-refractivity contribution in [3.05, 3.63) is 54.4 Å². The summed E-state index contributed by atoms with van der Waals surface area (Å²) in [5.74, 6) is -0.0632. The Balaban J connectivity index is 1.52. The molecule has 0 bridgehead atoms. The number of alkyl halides is 1. The van der Waals surface area contributed by atoms with Gasteiger partial charge in [-0.3, -0.25) is 9.78 Å². The number of nitrogens with zero attached hydrogens (tertiary/aromatic N) is 2. The summed E-state index contributed by atoms with van der Waals surface area (Å²) < 4.78 is 20.6. The molecule has 0 radical (unpaired) electrons. The lowest BCUT2D eigenvalue weighted by Crippen LogP contribution is -2.52. The Labute approximate surface area is 169 Å². The molecule has 0 aliphatic carbocycles. The predicted molar refractivity (Wildman–Crippen MR) is 107 cm³/mol. The SMILES string of the molecule is CCOc1ccccc1NC(=O)N1CCC(F)(C(=O)NCc2ccncc2)CC1. The maximum absolute atomic E-state index is 15.1. The molecule has 2 heterocycles. The first kappa shape index (κ1) is 20.6. The monoisotopic (exact) mass is 400 g/mol. The lowest BCUT2D eigenvalue weighted by atomic mass is 9.92. The van der Waals surface area contributed by atoms with E-state index < -0.39 is 11.6 Å². The molecule has 0 saturated carbocycles. The number of pyridine rings is 1. The number of rotatable bonds is 6. The van der Waals surface area contributed by atoms with E-state index in [4.69, 9.17) is 4.74 Å². The van der Waals surface area contributed by atoms with Gasteiger partial charge in [-0.25, -0.2) is 9.18 Å². The average molecular weight is 400 g/mol. The summed E-state index contributed by atoms with van der Waals surface area (Å²) in [6, 6.07) is 10.3. The van der Waals surface area contributed by atoms with Crippen LogP contribution in [0.25, 0.3) is 0 Å². The molecule has 29 heavy (non-hydrogen) atoms. The maximum Gasteiger partial charge on any atom is 0.321 e. The topological polar surface area (TPSA) is 83.6 Å². The molecule has 0 atom stereocenters. The van der Waals surface area contributed by atoms with Gasteiger partial charge in [0.15, 0.2) is 5.67 Å². The summed E-state index contributed by atoms with van der Waals surface area (Å²) in [4.78, 5) is 30.3. The van der Waals surface area contributed by atoms with Gasteiger partial charge in [0.1, 0.15) is 5.75 Å². The molecule has 1 aliphatic rings. The molecule has 1 aromatic carbocycles. The molecule has 7 nitrogen and oxygen atoms in total. The molecular weight excluding hydrogens is 375 g/mol. The van der Waals surface area contributed by atoms with E-state index in [9.17, 15) is 9.59 Å². The molecule has 8 heteroatoms. The summed E-state index contributed by atoms with van der Waals surface area (Å²) >= 11 is 0. The second-order valence-electron chi connectivity index (χ2n) is 6.85. The van der Waals surface area contributed by atoms with Crippen LogP contribution >= 0.6 is 0 Å². The molecule has 0 spiro atoms. The number of ether oxygens (including phenoxy) is 1. The van der Waals surface area contributed by atoms with Gasteiger partial charge in [-0.05, 0) is 36.8 Å². The fourth-order valence-electron chi connectivity index (χ4n) is 3.18. The van der Waals surface area contributed by atoms with Gasteiger partial charge in [0.2, 0.25) is 0 Å². The number of piperidine rings is 1. The third-order valence-corrected chi connectivity index (χ3v) is 4.88. The fourth-order valence-corrected chi connectivity index (χ4v) is 3.18. The molecule has 1 aliphatic heterocycles. The number of para-hydroxylation sites is 2. The van der Waals surface area contributed by atoms with Crippen molar-refractivity contribution in [1.82, 2.24) is 15.2 Å². The molecular formula is C21H25FN4O3. The van der Waals surface area contributed by atoms with Crippen LogP contribution in [-0.2, 0) is 11.3 Å². The third-order valence-electron chi connectivity index (χ3n) is 4.88. The Morgan fingerprint density at radius 3 is 2.55 bits per heavy atom. The van der Waals surface area contributed by atoms with Crippen molar-refractivity contribution < 1.29 is 18.7 Å². The first-order chi connectivity index (χ1) is 14.0. The molecule has 0 unspecified atom stereocenters. The Kier molecular flexibility index (Phi) is 6.64. The van der Waals surface area contributed by atoms with Gasteiger partial charge in [-0.15, -0.1) is 0 Å². The number of aromatic nitrogens is 1. The molecule has 1 aromatic heterocycles. The van der Waals surface area contributed by atoms with Gasteiger partial charge in [0.05, 0.1) is 12.3 Å². The van der Waals surface area contributed by atoms with Crippen LogP contribution in [0.3, 0.4) is 0 Å². The fraction of sp³-hybridized carbons (Fsp3) is 0.381. The van der Waals surface area contributed by atoms with Gasteiger partial charge in [-0.2, -0.15) is 0 Å². The van der Waals surface area contributed by atoms with E-state index in [1.54, 1.807) is 42.7 Å². The minimum Gasteiger partial charge on any atom is -0.492 e. The standard InChI is InChI=1S/C21H25FN4O3/c1-2-29-18-6-4-3-5-17(18)25-20(28)26-13-9-21(22,10-14-26)19(27)24-15-16-7-11-23-12-8-16/h3-8,11-12H,2,9-10,13-15H2,1H3,(H,24,27)(H,25,28). The van der Waals surface area contributed by atoms with Gasteiger partial charge < -0.3 is 20.3 Å². The van der Waals surface area contributed by atoms with Crippen molar-refractivity contribution in [1.29, 1.82) is 0 Å². The van der Waals surface area contributed by atoms with Crippen LogP contribution in [0.2, 0.25) is 0 Å². The summed E-state index contributed by atoms with van der Waals surface area (Å²) in [6.07, 6.45) is 3.15. The van der Waals surface area contributed by atoms with E-state index in [0.29, 0.717) is 18.0 Å². The first-order valence-electron chi connectivity index (χ1n) is 9.66. The van der Waals surface area contributed by atoms with Crippen LogP contribution in [0.15, 0.2) is 48.8 Å². The van der Waals surface area contributed by atoms with Crippen molar-refractivity contribution in [2.75, 3.05) is 25.0 Å². The molecule has 1 saturated heterocycles. The van der Waals surface area contributed by atoms with Crippen molar-refractivity contribution in [3.63, 3.8) is 0 Å². The molecule has 2 aromatic rings. The number of benzene rings is 1. The normalized spacial score (nSPS) is 15.4. The number of nitrogens with one attached hydrogen (secondary N) is 2. The predicted octanol–water partition coefficient (Wildman–Crippen LogP) is 3.13. The average Bonchev–Trinajstić information content (AvgIpc) is 2.74. The van der Waals surface area contributed by atoms with E-state index in [1.807, 2.05) is 13.0 Å². The minimum absolute atomic E-state index is 0.0459. The number of urea groups is 1. The van der Waals surface area contributed by atoms with Gasteiger partial charge >= 0.3 is 6.03 Å². The second kappa shape index (κ2) is 9.36. The van der Waals surface area contributed by atoms with Crippen molar-refractivity contribution in [2.45, 2.75) is 32.0 Å². The highest BCUT2D eigenvalue weighted by Crippen LogP contribution is 2.29. The van der Waals surface area contributed by atoms with Gasteiger partial charge in [-0.1, -0.05) is 12.1 Å². The number of likely N-dealkylation sites (tertiary alicyclic amines) is 1. The van der Waals surface area contributed by atoms with E-state index in [-0.39, 0.29) is 38.5 Å². The van der Waals surface area contributed by atoms with Gasteiger partial charge in [0, 0.05) is 44.9 Å². The molecule has 1 fully saturated rings. The van der Waals surface area contributed by atoms with Crippen LogP contribution in [0.1, 0.15) is 25.3 Å². The van der Waals surface area contributed by atoms with Crippen LogP contribution in [0.5, 0.6) is 5.75 Å². The molecule has 2 N–H and O–H groups in total. The molecule has 3 amide bonds. The van der Waals surface area contributed by atoms with Crippen LogP contribution in [0.4, 0.5) is 14.9 Å². The highest BCUT2D eigenvalue weighted by Gasteiger charge is 2.42. The number of hydrogen-bond donors (Lipinski definition) is 2. The van der Waals surface area contributed by atoms with Gasteiger partial charge in [0.25, 0.3) is 5.91 Å². The zero-order valence-corrected chi connectivity index (χ0v) is 16.4. The Bertz CT molecular complexity index is 839. The van der Waals surface area contributed by atoms with E-state index in [1.165, 1.54) is 4.90 Å². The first-order valence-corrected chi connectivity index (χ1v) is 9.66. The van der Waals surface area contributed by atoms with Crippen molar-refractivity contribution >= 4 is 17.6 Å². The van der Waals surface area contributed by atoms with E-state index in [2.05, 4.69) is 15.6 Å². The van der Waals surface area contributed by atoms with Crippen LogP contribution in [-0.4, -0.2) is 47.2 Å². The third kappa shape index (κ3) is 5.22. The van der Waals surface area contributed by atoms with Crippen molar-refractivity contribution in [2.24, 2.45) is 0 Å². The lowest BCUT2D eigenvalue weighted by Gasteiger charge is -2.35. The summed E-state index contributed by atoms with van der Waals surface area (Å²) in [5, 5.41) is 5.44. The summed E-state index contributed by atoms with van der Waals surface area (Å²) in [6.45, 7) is 2.90. The number of amides is 3. The zero-order chi connectivity index (χ0) is 20.7. The number of anilines is 1. The summed E-state index contributed by atoms with van der Waals surface area (Å²) in [5.41, 5.74) is -0.569. The lowest BCUT2D eigenvalue weighted by molar-refractivity contribution is -0.135. The minimum atomic E-state index is -1.98. The highest BCUT2D eigenvalue weighted by atomic mass is 19.1. The number of halogens is 1. The van der Waals surface area contributed by atoms with Crippen molar-refractivity contribution in [3.8, 4) is 5.75 Å². The van der Waals surface area contributed by atoms with Crippen LogP contribution in [0, 0.1) is 0 Å². The smallest absolute Gasteiger partial charge is 0.321 e. The summed E-state index contributed by atoms with van der Waals surface area (Å²) in [7, 11) is 0. The van der Waals surface area contributed by atoms with Crippen LogP contribution < -0.4 is 15.4 Å². The van der Waals surface area contributed by atoms with E-state index >= 15 is 4.39 Å². The highest BCUT2D eigenvalue weighted by molar-refractivity contribution is 5.91. The quantitative estimate of drug-likeness (QED) is 0.780. The Morgan fingerprint density at radius 1 is 1.17 bits per heavy atom. The Hall–Kier alpha value is -3.16. The number of carbonyl (C=O) groups excluding carboxylic acids is 2. The van der Waals surface area contributed by atoms with E-state index in [0.717, 1.165) is 5.56 Å². The zero-order valence-electron chi connectivity index (χ0n) is 16.4. The Morgan fingerprint density at radius 2 is 1.86 bits per heavy atom.